The van der Waals surface area contributed by atoms with Gasteiger partial charge in [0, 0.05) is 5.92 Å². The summed E-state index contributed by atoms with van der Waals surface area (Å²) in [7, 11) is 0. The van der Waals surface area contributed by atoms with Crippen molar-refractivity contribution in [1.29, 1.82) is 0 Å². The summed E-state index contributed by atoms with van der Waals surface area (Å²) in [6, 6.07) is 0. The minimum absolute atomic E-state index is 0.233. The molecule has 0 saturated heterocycles. The van der Waals surface area contributed by atoms with Crippen LogP contribution in [0.5, 0.6) is 0 Å². The molecule has 2 fully saturated rings. The van der Waals surface area contributed by atoms with E-state index in [4.69, 9.17) is 0 Å². The Morgan fingerprint density at radius 1 is 0.889 bits per heavy atom. The third-order valence-electron chi connectivity index (χ3n) is 6.91. The van der Waals surface area contributed by atoms with Crippen LogP contribution in [0.2, 0.25) is 0 Å². The van der Waals surface area contributed by atoms with E-state index in [-0.39, 0.29) is 27.9 Å². The molecule has 0 unspecified atom stereocenters. The van der Waals surface area contributed by atoms with Crippen LogP contribution in [0.1, 0.15) is 92.9 Å². The van der Waals surface area contributed by atoms with Crippen molar-refractivity contribution >= 4 is 11.6 Å². The van der Waals surface area contributed by atoms with E-state index in [2.05, 4.69) is 27.7 Å². The normalized spacial score (nSPS) is 25.4. The molecule has 2 aliphatic rings. The molecule has 0 radical (unpaired) electrons. The van der Waals surface area contributed by atoms with E-state index in [9.17, 15) is 22.8 Å². The van der Waals surface area contributed by atoms with Crippen LogP contribution in [0.4, 0.5) is 13.2 Å². The van der Waals surface area contributed by atoms with Gasteiger partial charge in [0.25, 0.3) is 0 Å². The van der Waals surface area contributed by atoms with Gasteiger partial charge in [-0.3, -0.25) is 9.59 Å². The molecule has 2 rings (SSSR count). The van der Waals surface area contributed by atoms with E-state index in [1.165, 1.54) is 6.42 Å². The van der Waals surface area contributed by atoms with E-state index >= 15 is 0 Å². The fourth-order valence-corrected chi connectivity index (χ4v) is 6.10. The number of carbonyl (C=O) groups excluding carboxylic acids is 2. The van der Waals surface area contributed by atoms with Crippen LogP contribution in [0, 0.1) is 27.6 Å². The lowest BCUT2D eigenvalue weighted by Crippen LogP contribution is -2.44. The van der Waals surface area contributed by atoms with Gasteiger partial charge in [0.05, 0.1) is 6.42 Å². The van der Waals surface area contributed by atoms with Crippen LogP contribution in [0.3, 0.4) is 0 Å². The molecule has 0 heterocycles. The second kappa shape index (κ2) is 6.88. The molecule has 0 aromatic rings. The molecule has 0 amide bonds. The van der Waals surface area contributed by atoms with E-state index in [0.29, 0.717) is 12.8 Å². The Hall–Kier alpha value is -0.870. The highest BCUT2D eigenvalue weighted by molar-refractivity contribution is 6.02. The topological polar surface area (TPSA) is 34.1 Å². The third-order valence-corrected chi connectivity index (χ3v) is 6.91. The SMILES string of the molecule is CC1(C)CC(C)(C)CC2(CCC(C(=O)CC(=O)C(C)(C)C(F)(F)F)CC2)C1. The van der Waals surface area contributed by atoms with Crippen LogP contribution in [0.25, 0.3) is 0 Å². The number of hydrogen-bond donors (Lipinski definition) is 0. The highest BCUT2D eigenvalue weighted by Gasteiger charge is 2.53. The zero-order valence-electron chi connectivity index (χ0n) is 17.7. The van der Waals surface area contributed by atoms with Gasteiger partial charge in [0.1, 0.15) is 11.2 Å². The Kier molecular flexibility index (Phi) is 5.71. The zero-order valence-corrected chi connectivity index (χ0v) is 17.7. The van der Waals surface area contributed by atoms with Gasteiger partial charge in [0.15, 0.2) is 5.78 Å². The summed E-state index contributed by atoms with van der Waals surface area (Å²) in [6.07, 6.45) is 1.52. The van der Waals surface area contributed by atoms with Gasteiger partial charge in [-0.1, -0.05) is 27.7 Å². The smallest absolute Gasteiger partial charge is 0.299 e. The van der Waals surface area contributed by atoms with E-state index < -0.39 is 23.8 Å². The molecule has 2 aliphatic carbocycles. The molecule has 0 aliphatic heterocycles. The molecule has 5 heteroatoms. The first-order chi connectivity index (χ1) is 12.0. The molecular weight excluding hydrogens is 353 g/mol. The summed E-state index contributed by atoms with van der Waals surface area (Å²) in [4.78, 5) is 24.6. The highest BCUT2D eigenvalue weighted by Crippen LogP contribution is 2.59. The first-order valence-electron chi connectivity index (χ1n) is 10.1. The first kappa shape index (κ1) is 22.4. The van der Waals surface area contributed by atoms with E-state index in [1.54, 1.807) is 0 Å². The number of ketones is 2. The summed E-state index contributed by atoms with van der Waals surface area (Å²) in [5.41, 5.74) is -1.69. The quantitative estimate of drug-likeness (QED) is 0.514. The highest BCUT2D eigenvalue weighted by atomic mass is 19.4. The van der Waals surface area contributed by atoms with Gasteiger partial charge >= 0.3 is 6.18 Å². The Labute approximate surface area is 161 Å². The molecule has 2 nitrogen and oxygen atoms in total. The van der Waals surface area contributed by atoms with Gasteiger partial charge in [0.2, 0.25) is 0 Å². The number of carbonyl (C=O) groups is 2. The molecule has 0 aromatic carbocycles. The van der Waals surface area contributed by atoms with Gasteiger partial charge < -0.3 is 0 Å². The molecule has 156 valence electrons. The number of alkyl halides is 3. The fraction of sp³-hybridized carbons (Fsp3) is 0.909. The maximum atomic E-state index is 13.0. The second-order valence-corrected chi connectivity index (χ2v) is 11.3. The van der Waals surface area contributed by atoms with Crippen LogP contribution in [0.15, 0.2) is 0 Å². The van der Waals surface area contributed by atoms with Crippen LogP contribution < -0.4 is 0 Å². The first-order valence-corrected chi connectivity index (χ1v) is 10.1. The molecule has 0 atom stereocenters. The number of Topliss-reactive ketones (excluding diaryl/α,β-unsaturated/α-hetero) is 2. The molecular formula is C22H35F3O2. The van der Waals surface area contributed by atoms with Crippen LogP contribution in [-0.2, 0) is 9.59 Å². The fourth-order valence-electron chi connectivity index (χ4n) is 6.10. The summed E-state index contributed by atoms with van der Waals surface area (Å²) in [6.45, 7) is 11.0. The monoisotopic (exact) mass is 388 g/mol. The van der Waals surface area contributed by atoms with Gasteiger partial charge in [-0.2, -0.15) is 13.2 Å². The maximum absolute atomic E-state index is 13.0. The van der Waals surface area contributed by atoms with Crippen molar-refractivity contribution < 1.29 is 22.8 Å². The molecule has 0 aromatic heterocycles. The van der Waals surface area contributed by atoms with Crippen molar-refractivity contribution in [3.63, 3.8) is 0 Å². The average Bonchev–Trinajstić information content (AvgIpc) is 2.42. The third kappa shape index (κ3) is 4.95. The van der Waals surface area contributed by atoms with Gasteiger partial charge in [-0.25, -0.2) is 0 Å². The van der Waals surface area contributed by atoms with E-state index in [1.807, 2.05) is 0 Å². The lowest BCUT2D eigenvalue weighted by atomic mass is 9.51. The zero-order chi connectivity index (χ0) is 20.9. The molecule has 0 bridgehead atoms. The van der Waals surface area contributed by atoms with Gasteiger partial charge in [-0.15, -0.1) is 0 Å². The minimum atomic E-state index is -4.62. The van der Waals surface area contributed by atoms with Crippen molar-refractivity contribution in [2.45, 2.75) is 99.1 Å². The Morgan fingerprint density at radius 3 is 1.74 bits per heavy atom. The Balaban J connectivity index is 1.99. The van der Waals surface area contributed by atoms with E-state index in [0.717, 1.165) is 39.5 Å². The molecule has 27 heavy (non-hydrogen) atoms. The average molecular weight is 389 g/mol. The Bertz CT molecular complexity index is 573. The Morgan fingerprint density at radius 2 is 1.33 bits per heavy atom. The van der Waals surface area contributed by atoms with Gasteiger partial charge in [-0.05, 0) is 75.0 Å². The standard InChI is InChI=1S/C22H35F3O2/c1-18(2)12-19(3,4)14-21(13-18)9-7-15(8-10-21)16(26)11-17(27)20(5,6)22(23,24)25/h15H,7-14H2,1-6H3. The summed E-state index contributed by atoms with van der Waals surface area (Å²) < 4.78 is 39.1. The van der Waals surface area contributed by atoms with Crippen LogP contribution >= 0.6 is 0 Å². The molecule has 0 N–H and O–H groups in total. The predicted octanol–water partition coefficient (Wildman–Crippen LogP) is 6.52. The minimum Gasteiger partial charge on any atom is -0.299 e. The number of halogens is 3. The predicted molar refractivity (Wildman–Crippen MR) is 100 cm³/mol. The van der Waals surface area contributed by atoms with Crippen molar-refractivity contribution in [1.82, 2.24) is 0 Å². The largest absolute Gasteiger partial charge is 0.400 e. The van der Waals surface area contributed by atoms with Crippen molar-refractivity contribution in [3.8, 4) is 0 Å². The lowest BCUT2D eigenvalue weighted by Gasteiger charge is -2.54. The second-order valence-electron chi connectivity index (χ2n) is 11.3. The summed E-state index contributed by atoms with van der Waals surface area (Å²) in [5.74, 6) is -1.58. The molecule has 1 spiro atoms. The van der Waals surface area contributed by atoms with Crippen molar-refractivity contribution in [2.24, 2.45) is 27.6 Å². The maximum Gasteiger partial charge on any atom is 0.400 e. The van der Waals surface area contributed by atoms with Crippen LogP contribution in [-0.4, -0.2) is 17.7 Å². The van der Waals surface area contributed by atoms with Crippen molar-refractivity contribution in [2.75, 3.05) is 0 Å². The number of hydrogen-bond acceptors (Lipinski definition) is 2. The summed E-state index contributed by atoms with van der Waals surface area (Å²) in [5, 5.41) is 0. The number of rotatable bonds is 4. The molecule has 2 saturated carbocycles. The lowest BCUT2D eigenvalue weighted by molar-refractivity contribution is -0.210. The summed E-state index contributed by atoms with van der Waals surface area (Å²) >= 11 is 0. The van der Waals surface area contributed by atoms with Crippen molar-refractivity contribution in [3.05, 3.63) is 0 Å².